The van der Waals surface area contributed by atoms with Gasteiger partial charge in [-0.05, 0) is 30.5 Å². The Morgan fingerprint density at radius 2 is 2.00 bits per heavy atom. The van der Waals surface area contributed by atoms with E-state index in [1.54, 1.807) is 0 Å². The zero-order chi connectivity index (χ0) is 9.97. The van der Waals surface area contributed by atoms with Crippen molar-refractivity contribution in [3.63, 3.8) is 0 Å². The quantitative estimate of drug-likeness (QED) is 0.817. The van der Waals surface area contributed by atoms with E-state index in [4.69, 9.17) is 21.4 Å². The Hall–Kier alpha value is -0.570. The van der Waals surface area contributed by atoms with Gasteiger partial charge in [0.1, 0.15) is 0 Å². The Kier molecular flexibility index (Phi) is 3.06. The molecule has 1 aliphatic heterocycles. The first-order chi connectivity index (χ1) is 6.79. The molecule has 2 atom stereocenters. The van der Waals surface area contributed by atoms with Crippen LogP contribution in [0.15, 0.2) is 24.3 Å². The van der Waals surface area contributed by atoms with E-state index >= 15 is 0 Å². The molecule has 76 valence electrons. The molecule has 1 aliphatic rings. The van der Waals surface area contributed by atoms with Gasteiger partial charge in [-0.3, -0.25) is 0 Å². The smallest absolute Gasteiger partial charge is 0.0830 e. The number of rotatable bonds is 2. The maximum absolute atomic E-state index is 8.93. The topological polar surface area (TPSA) is 29.5 Å². The zero-order valence-electron chi connectivity index (χ0n) is 7.82. The van der Waals surface area contributed by atoms with Gasteiger partial charge in [-0.2, -0.15) is 0 Å². The molecule has 1 aromatic rings. The Morgan fingerprint density at radius 3 is 2.57 bits per heavy atom. The number of aliphatic hydroxyl groups is 1. The number of hydrogen-bond donors (Lipinski definition) is 1. The van der Waals surface area contributed by atoms with Gasteiger partial charge >= 0.3 is 0 Å². The second-order valence-electron chi connectivity index (χ2n) is 3.56. The predicted molar refractivity (Wildman–Crippen MR) is 55.4 cm³/mol. The fourth-order valence-electron chi connectivity index (χ4n) is 1.76. The average molecular weight is 213 g/mol. The van der Waals surface area contributed by atoms with E-state index in [0.717, 1.165) is 23.4 Å². The van der Waals surface area contributed by atoms with Crippen molar-refractivity contribution < 1.29 is 9.84 Å². The molecular weight excluding hydrogens is 200 g/mol. The molecule has 0 aromatic heterocycles. The third kappa shape index (κ3) is 2.08. The summed E-state index contributed by atoms with van der Waals surface area (Å²) < 4.78 is 5.64. The minimum absolute atomic E-state index is 0.00989. The van der Waals surface area contributed by atoms with Crippen molar-refractivity contribution in [2.24, 2.45) is 0 Å². The van der Waals surface area contributed by atoms with E-state index in [2.05, 4.69) is 0 Å². The Morgan fingerprint density at radius 1 is 1.29 bits per heavy atom. The third-order valence-electron chi connectivity index (χ3n) is 2.55. The number of benzene rings is 1. The van der Waals surface area contributed by atoms with Crippen LogP contribution in [0.4, 0.5) is 0 Å². The molecule has 0 aliphatic carbocycles. The highest BCUT2D eigenvalue weighted by Crippen LogP contribution is 2.32. The second-order valence-corrected chi connectivity index (χ2v) is 3.99. The van der Waals surface area contributed by atoms with Gasteiger partial charge < -0.3 is 9.84 Å². The zero-order valence-corrected chi connectivity index (χ0v) is 8.57. The SMILES string of the molecule is OC[C@@H]1CC[C@H](c2ccc(Cl)cc2)O1. The first-order valence-electron chi connectivity index (χ1n) is 4.81. The van der Waals surface area contributed by atoms with E-state index in [-0.39, 0.29) is 18.8 Å². The molecule has 14 heavy (non-hydrogen) atoms. The fourth-order valence-corrected chi connectivity index (χ4v) is 1.89. The van der Waals surface area contributed by atoms with Crippen LogP contribution in [0.25, 0.3) is 0 Å². The summed E-state index contributed by atoms with van der Waals surface area (Å²) in [4.78, 5) is 0. The fraction of sp³-hybridized carbons (Fsp3) is 0.455. The number of ether oxygens (including phenoxy) is 1. The summed E-state index contributed by atoms with van der Waals surface area (Å²) in [5, 5.41) is 9.67. The molecule has 1 fully saturated rings. The lowest BCUT2D eigenvalue weighted by atomic mass is 10.1. The lowest BCUT2D eigenvalue weighted by Gasteiger charge is -2.12. The van der Waals surface area contributed by atoms with Crippen molar-refractivity contribution in [2.45, 2.75) is 25.0 Å². The largest absolute Gasteiger partial charge is 0.394 e. The monoisotopic (exact) mass is 212 g/mol. The van der Waals surface area contributed by atoms with Crippen LogP contribution in [0.1, 0.15) is 24.5 Å². The van der Waals surface area contributed by atoms with Gasteiger partial charge in [-0.15, -0.1) is 0 Å². The van der Waals surface area contributed by atoms with Crippen molar-refractivity contribution in [1.82, 2.24) is 0 Å². The normalized spacial score (nSPS) is 26.7. The van der Waals surface area contributed by atoms with Crippen LogP contribution in [0.2, 0.25) is 5.02 Å². The first kappa shape index (κ1) is 9.97. The van der Waals surface area contributed by atoms with Crippen molar-refractivity contribution in [3.8, 4) is 0 Å². The standard InChI is InChI=1S/C11H13ClO2/c12-9-3-1-8(2-4-9)11-6-5-10(7-13)14-11/h1-4,10-11,13H,5-7H2/t10-,11+/m0/s1. The van der Waals surface area contributed by atoms with Crippen molar-refractivity contribution >= 4 is 11.6 Å². The summed E-state index contributed by atoms with van der Waals surface area (Å²) in [6, 6.07) is 7.69. The molecule has 2 nitrogen and oxygen atoms in total. The molecule has 1 heterocycles. The van der Waals surface area contributed by atoms with Crippen LogP contribution in [-0.2, 0) is 4.74 Å². The minimum atomic E-state index is 0.00989. The predicted octanol–water partition coefficient (Wildman–Crippen LogP) is 2.55. The van der Waals surface area contributed by atoms with Crippen LogP contribution in [-0.4, -0.2) is 17.8 Å². The van der Waals surface area contributed by atoms with Crippen LogP contribution >= 0.6 is 11.6 Å². The maximum atomic E-state index is 8.93. The van der Waals surface area contributed by atoms with Gasteiger partial charge in [0.25, 0.3) is 0 Å². The second kappa shape index (κ2) is 4.30. The number of halogens is 1. The highest BCUT2D eigenvalue weighted by molar-refractivity contribution is 6.30. The summed E-state index contributed by atoms with van der Waals surface area (Å²) in [5.41, 5.74) is 1.14. The van der Waals surface area contributed by atoms with E-state index in [1.165, 1.54) is 0 Å². The van der Waals surface area contributed by atoms with Crippen molar-refractivity contribution in [1.29, 1.82) is 0 Å². The molecule has 1 aromatic carbocycles. The molecule has 0 unspecified atom stereocenters. The first-order valence-corrected chi connectivity index (χ1v) is 5.19. The highest BCUT2D eigenvalue weighted by atomic mass is 35.5. The minimum Gasteiger partial charge on any atom is -0.394 e. The maximum Gasteiger partial charge on any atom is 0.0830 e. The van der Waals surface area contributed by atoms with Gasteiger partial charge in [0.15, 0.2) is 0 Å². The molecule has 0 saturated carbocycles. The molecule has 0 bridgehead atoms. The van der Waals surface area contributed by atoms with Crippen molar-refractivity contribution in [2.75, 3.05) is 6.61 Å². The van der Waals surface area contributed by atoms with Gasteiger partial charge in [-0.25, -0.2) is 0 Å². The van der Waals surface area contributed by atoms with E-state index in [1.807, 2.05) is 24.3 Å². The van der Waals surface area contributed by atoms with E-state index < -0.39 is 0 Å². The Bertz CT molecular complexity index is 297. The van der Waals surface area contributed by atoms with Gasteiger partial charge in [0.2, 0.25) is 0 Å². The van der Waals surface area contributed by atoms with Crippen LogP contribution in [0.5, 0.6) is 0 Å². The average Bonchev–Trinajstić information content (AvgIpc) is 2.67. The van der Waals surface area contributed by atoms with E-state index in [0.29, 0.717) is 0 Å². The summed E-state index contributed by atoms with van der Waals surface area (Å²) in [5.74, 6) is 0. The summed E-state index contributed by atoms with van der Waals surface area (Å²) in [6.07, 6.45) is 2.05. The van der Waals surface area contributed by atoms with Crippen LogP contribution < -0.4 is 0 Å². The summed E-state index contributed by atoms with van der Waals surface area (Å²) in [7, 11) is 0. The lowest BCUT2D eigenvalue weighted by Crippen LogP contribution is -2.10. The van der Waals surface area contributed by atoms with Gasteiger partial charge in [0, 0.05) is 5.02 Å². The molecule has 2 rings (SSSR count). The molecule has 1 saturated heterocycles. The Balaban J connectivity index is 2.06. The van der Waals surface area contributed by atoms with Crippen LogP contribution in [0.3, 0.4) is 0 Å². The molecule has 0 radical (unpaired) electrons. The molecule has 0 amide bonds. The molecule has 3 heteroatoms. The molecule has 0 spiro atoms. The van der Waals surface area contributed by atoms with Crippen molar-refractivity contribution in [3.05, 3.63) is 34.9 Å². The number of aliphatic hydroxyl groups excluding tert-OH is 1. The lowest BCUT2D eigenvalue weighted by molar-refractivity contribution is 0.0110. The summed E-state index contributed by atoms with van der Waals surface area (Å²) in [6.45, 7) is 0.115. The summed E-state index contributed by atoms with van der Waals surface area (Å²) >= 11 is 5.79. The molecule has 1 N–H and O–H groups in total. The highest BCUT2D eigenvalue weighted by Gasteiger charge is 2.25. The van der Waals surface area contributed by atoms with Gasteiger partial charge in [-0.1, -0.05) is 23.7 Å². The molecular formula is C11H13ClO2. The Labute approximate surface area is 88.5 Å². The van der Waals surface area contributed by atoms with Crippen LogP contribution in [0, 0.1) is 0 Å². The third-order valence-corrected chi connectivity index (χ3v) is 2.80. The van der Waals surface area contributed by atoms with Gasteiger partial charge in [0.05, 0.1) is 18.8 Å². The number of hydrogen-bond acceptors (Lipinski definition) is 2. The van der Waals surface area contributed by atoms with E-state index in [9.17, 15) is 0 Å².